The Kier molecular flexibility index (Phi) is 5.28. The van der Waals surface area contributed by atoms with Gasteiger partial charge in [-0.3, -0.25) is 4.79 Å². The summed E-state index contributed by atoms with van der Waals surface area (Å²) < 4.78 is 0. The number of rotatable bonds is 6. The Labute approximate surface area is 151 Å². The number of hydrogen-bond acceptors (Lipinski definition) is 5. The van der Waals surface area contributed by atoms with E-state index < -0.39 is 0 Å². The van der Waals surface area contributed by atoms with Crippen LogP contribution in [0.25, 0.3) is 10.2 Å². The Bertz CT molecular complexity index is 873. The second-order valence-corrected chi connectivity index (χ2v) is 7.37. The molecule has 1 atom stereocenters. The molecule has 0 aliphatic heterocycles. The van der Waals surface area contributed by atoms with E-state index in [2.05, 4.69) is 40.5 Å². The molecule has 25 heavy (non-hydrogen) atoms. The van der Waals surface area contributed by atoms with Gasteiger partial charge in [0.2, 0.25) is 0 Å². The van der Waals surface area contributed by atoms with Crippen LogP contribution in [-0.4, -0.2) is 21.9 Å². The summed E-state index contributed by atoms with van der Waals surface area (Å²) in [5.74, 6) is 0.813. The predicted molar refractivity (Wildman–Crippen MR) is 103 cm³/mol. The van der Waals surface area contributed by atoms with Gasteiger partial charge < -0.3 is 10.6 Å². The average molecular weight is 354 g/mol. The van der Waals surface area contributed by atoms with E-state index in [4.69, 9.17) is 0 Å². The molecule has 0 fully saturated rings. The van der Waals surface area contributed by atoms with Crippen molar-refractivity contribution in [3.05, 3.63) is 52.7 Å². The number of carbonyl (C=O) groups is 1. The lowest BCUT2D eigenvalue weighted by atomic mass is 10.1. The number of nitrogens with zero attached hydrogens (tertiary/aromatic N) is 2. The third kappa shape index (κ3) is 4.14. The fraction of sp³-hybridized carbons (Fsp3) is 0.316. The number of fused-ring (bicyclic) bond motifs is 1. The number of amides is 1. The highest BCUT2D eigenvalue weighted by Gasteiger charge is 2.09. The fourth-order valence-corrected chi connectivity index (χ4v) is 3.33. The van der Waals surface area contributed by atoms with E-state index in [1.165, 1.54) is 4.88 Å². The smallest absolute Gasteiger partial charge is 0.251 e. The van der Waals surface area contributed by atoms with E-state index in [1.54, 1.807) is 17.7 Å². The maximum Gasteiger partial charge on any atom is 0.251 e. The van der Waals surface area contributed by atoms with Gasteiger partial charge in [0.1, 0.15) is 17.0 Å². The number of thiophene rings is 1. The van der Waals surface area contributed by atoms with Crippen molar-refractivity contribution in [3.63, 3.8) is 0 Å². The van der Waals surface area contributed by atoms with Crippen LogP contribution in [0.3, 0.4) is 0 Å². The SMILES string of the molecule is CCC(C)NC(=O)c1ccc(CNc2ncnc3sc(C)cc23)cc1. The van der Waals surface area contributed by atoms with Crippen molar-refractivity contribution in [2.24, 2.45) is 0 Å². The third-order valence-corrected chi connectivity index (χ3v) is 5.08. The Balaban J connectivity index is 1.66. The molecule has 5 nitrogen and oxygen atoms in total. The molecule has 0 spiro atoms. The number of nitrogens with one attached hydrogen (secondary N) is 2. The summed E-state index contributed by atoms with van der Waals surface area (Å²) in [6.45, 7) is 6.77. The Hall–Kier alpha value is -2.47. The molecule has 1 unspecified atom stereocenters. The van der Waals surface area contributed by atoms with Crippen LogP contribution in [0.15, 0.2) is 36.7 Å². The van der Waals surface area contributed by atoms with E-state index in [0.717, 1.165) is 28.0 Å². The Morgan fingerprint density at radius 3 is 2.72 bits per heavy atom. The van der Waals surface area contributed by atoms with Crippen molar-refractivity contribution in [2.75, 3.05) is 5.32 Å². The minimum absolute atomic E-state index is 0.0277. The van der Waals surface area contributed by atoms with Crippen molar-refractivity contribution in [1.82, 2.24) is 15.3 Å². The molecule has 0 bridgehead atoms. The zero-order chi connectivity index (χ0) is 17.8. The van der Waals surface area contributed by atoms with Crippen molar-refractivity contribution in [2.45, 2.75) is 39.8 Å². The lowest BCUT2D eigenvalue weighted by molar-refractivity contribution is 0.0939. The molecule has 2 heterocycles. The lowest BCUT2D eigenvalue weighted by Crippen LogP contribution is -2.31. The Morgan fingerprint density at radius 1 is 1.24 bits per heavy atom. The van der Waals surface area contributed by atoms with E-state index in [9.17, 15) is 4.79 Å². The number of aryl methyl sites for hydroxylation is 1. The predicted octanol–water partition coefficient (Wildman–Crippen LogP) is 4.14. The van der Waals surface area contributed by atoms with Gasteiger partial charge >= 0.3 is 0 Å². The molecule has 3 rings (SSSR count). The molecule has 130 valence electrons. The van der Waals surface area contributed by atoms with Gasteiger partial charge in [0, 0.05) is 23.0 Å². The first-order valence-corrected chi connectivity index (χ1v) is 9.23. The zero-order valence-corrected chi connectivity index (χ0v) is 15.5. The molecule has 1 amide bonds. The molecule has 2 aromatic heterocycles. The van der Waals surface area contributed by atoms with E-state index >= 15 is 0 Å². The molecule has 0 saturated heterocycles. The second kappa shape index (κ2) is 7.61. The highest BCUT2D eigenvalue weighted by atomic mass is 32.1. The maximum absolute atomic E-state index is 12.1. The van der Waals surface area contributed by atoms with Crippen LogP contribution in [0.5, 0.6) is 0 Å². The standard InChI is InChI=1S/C19H22N4OS/c1-4-12(2)23-18(24)15-7-5-14(6-8-15)10-20-17-16-9-13(3)25-19(16)22-11-21-17/h5-9,11-12H,4,10H2,1-3H3,(H,23,24)(H,20,21,22). The van der Waals surface area contributed by atoms with Crippen LogP contribution in [0.4, 0.5) is 5.82 Å². The van der Waals surface area contributed by atoms with Crippen LogP contribution in [0.2, 0.25) is 0 Å². The molecule has 0 saturated carbocycles. The maximum atomic E-state index is 12.1. The third-order valence-electron chi connectivity index (χ3n) is 4.12. The van der Waals surface area contributed by atoms with Crippen LogP contribution in [-0.2, 0) is 6.54 Å². The van der Waals surface area contributed by atoms with Crippen molar-refractivity contribution < 1.29 is 4.79 Å². The van der Waals surface area contributed by atoms with Crippen molar-refractivity contribution in [3.8, 4) is 0 Å². The monoisotopic (exact) mass is 354 g/mol. The first-order chi connectivity index (χ1) is 12.1. The molecule has 0 aliphatic carbocycles. The summed E-state index contributed by atoms with van der Waals surface area (Å²) in [6, 6.07) is 9.94. The van der Waals surface area contributed by atoms with Gasteiger partial charge in [0.15, 0.2) is 0 Å². The van der Waals surface area contributed by atoms with Crippen LogP contribution in [0, 0.1) is 6.92 Å². The Morgan fingerprint density at radius 2 is 2.00 bits per heavy atom. The lowest BCUT2D eigenvalue weighted by Gasteiger charge is -2.12. The van der Waals surface area contributed by atoms with Crippen LogP contribution in [0.1, 0.15) is 41.1 Å². The summed E-state index contributed by atoms with van der Waals surface area (Å²) in [4.78, 5) is 23.0. The number of anilines is 1. The summed E-state index contributed by atoms with van der Waals surface area (Å²) >= 11 is 1.66. The summed E-state index contributed by atoms with van der Waals surface area (Å²) in [5.41, 5.74) is 1.78. The van der Waals surface area contributed by atoms with Gasteiger partial charge in [-0.05, 0) is 44.0 Å². The van der Waals surface area contributed by atoms with Gasteiger partial charge in [0.05, 0.1) is 5.39 Å². The van der Waals surface area contributed by atoms with Gasteiger partial charge in [-0.1, -0.05) is 19.1 Å². The molecule has 3 aromatic rings. The number of hydrogen-bond donors (Lipinski definition) is 2. The minimum atomic E-state index is -0.0277. The molecule has 1 aromatic carbocycles. The number of benzene rings is 1. The van der Waals surface area contributed by atoms with Crippen molar-refractivity contribution in [1.29, 1.82) is 0 Å². The summed E-state index contributed by atoms with van der Waals surface area (Å²) in [5, 5.41) is 7.39. The van der Waals surface area contributed by atoms with Crippen molar-refractivity contribution >= 4 is 33.3 Å². The number of aromatic nitrogens is 2. The molecular weight excluding hydrogens is 332 g/mol. The first kappa shape index (κ1) is 17.4. The molecular formula is C19H22N4OS. The molecule has 0 aliphatic rings. The quantitative estimate of drug-likeness (QED) is 0.698. The highest BCUT2D eigenvalue weighted by molar-refractivity contribution is 7.18. The highest BCUT2D eigenvalue weighted by Crippen LogP contribution is 2.27. The van der Waals surface area contributed by atoms with Crippen LogP contribution >= 0.6 is 11.3 Å². The first-order valence-electron chi connectivity index (χ1n) is 8.41. The molecule has 2 N–H and O–H groups in total. The fourth-order valence-electron chi connectivity index (χ4n) is 2.49. The second-order valence-electron chi connectivity index (χ2n) is 6.13. The van der Waals surface area contributed by atoms with Crippen LogP contribution < -0.4 is 10.6 Å². The number of carbonyl (C=O) groups excluding carboxylic acids is 1. The summed E-state index contributed by atoms with van der Waals surface area (Å²) in [7, 11) is 0. The van der Waals surface area contributed by atoms with Gasteiger partial charge in [-0.15, -0.1) is 11.3 Å². The normalized spacial score (nSPS) is 12.1. The largest absolute Gasteiger partial charge is 0.365 e. The molecule has 6 heteroatoms. The average Bonchev–Trinajstić information content (AvgIpc) is 3.01. The summed E-state index contributed by atoms with van der Waals surface area (Å²) in [6.07, 6.45) is 2.51. The van der Waals surface area contributed by atoms with Gasteiger partial charge in [-0.25, -0.2) is 9.97 Å². The molecule has 0 radical (unpaired) electrons. The van der Waals surface area contributed by atoms with E-state index in [-0.39, 0.29) is 11.9 Å². The van der Waals surface area contributed by atoms with Gasteiger partial charge in [0.25, 0.3) is 5.91 Å². The zero-order valence-electron chi connectivity index (χ0n) is 14.7. The minimum Gasteiger partial charge on any atom is -0.365 e. The van der Waals surface area contributed by atoms with E-state index in [1.807, 2.05) is 31.2 Å². The topological polar surface area (TPSA) is 66.9 Å². The van der Waals surface area contributed by atoms with Gasteiger partial charge in [-0.2, -0.15) is 0 Å². The van der Waals surface area contributed by atoms with E-state index in [0.29, 0.717) is 12.1 Å².